The van der Waals surface area contributed by atoms with Crippen molar-refractivity contribution in [3.8, 4) is 0 Å². The Labute approximate surface area is 123 Å². The Kier molecular flexibility index (Phi) is 4.10. The molecule has 6 heteroatoms. The number of amides is 1. The van der Waals surface area contributed by atoms with E-state index in [9.17, 15) is 4.79 Å². The fourth-order valence-electron chi connectivity index (χ4n) is 2.56. The summed E-state index contributed by atoms with van der Waals surface area (Å²) in [5, 5.41) is 5.75. The van der Waals surface area contributed by atoms with E-state index in [4.69, 9.17) is 16.3 Å². The number of nitrogens with zero attached hydrogens (tertiary/aromatic N) is 1. The van der Waals surface area contributed by atoms with Gasteiger partial charge >= 0.3 is 0 Å². The number of hydrogen-bond acceptors (Lipinski definition) is 4. The molecule has 2 saturated heterocycles. The second kappa shape index (κ2) is 5.99. The van der Waals surface area contributed by atoms with Crippen LogP contribution in [0.4, 0.5) is 5.69 Å². The minimum absolute atomic E-state index is 0.00276. The molecule has 2 heterocycles. The summed E-state index contributed by atoms with van der Waals surface area (Å²) in [6.45, 7) is 2.06. The first kappa shape index (κ1) is 13.7. The van der Waals surface area contributed by atoms with E-state index in [-0.39, 0.29) is 18.0 Å². The Balaban J connectivity index is 1.55. The minimum atomic E-state index is -0.0259. The van der Waals surface area contributed by atoms with Crippen molar-refractivity contribution in [2.45, 2.75) is 19.0 Å². The number of hydrogen-bond donors (Lipinski definition) is 2. The van der Waals surface area contributed by atoms with Crippen LogP contribution in [0.1, 0.15) is 12.8 Å². The van der Waals surface area contributed by atoms with Crippen LogP contribution in [-0.2, 0) is 9.53 Å². The van der Waals surface area contributed by atoms with E-state index in [0.717, 1.165) is 25.1 Å². The van der Waals surface area contributed by atoms with Gasteiger partial charge in [-0.2, -0.15) is 0 Å². The zero-order valence-electron chi connectivity index (χ0n) is 11.1. The summed E-state index contributed by atoms with van der Waals surface area (Å²) < 4.78 is 5.24. The maximum absolute atomic E-state index is 12.0. The summed E-state index contributed by atoms with van der Waals surface area (Å²) in [4.78, 5) is 12.0. The molecule has 3 rings (SSSR count). The molecular formula is C14H18ClN3O2. The summed E-state index contributed by atoms with van der Waals surface area (Å²) in [6, 6.07) is 7.67. The molecule has 0 saturated carbocycles. The van der Waals surface area contributed by atoms with Crippen LogP contribution < -0.4 is 15.8 Å². The molecule has 0 aromatic heterocycles. The van der Waals surface area contributed by atoms with Crippen LogP contribution in [0, 0.1) is 5.92 Å². The molecule has 2 unspecified atom stereocenters. The fourth-order valence-corrected chi connectivity index (χ4v) is 2.74. The third-order valence-corrected chi connectivity index (χ3v) is 3.92. The summed E-state index contributed by atoms with van der Waals surface area (Å²) in [6.07, 6.45) is 1.66. The predicted molar refractivity (Wildman–Crippen MR) is 77.4 cm³/mol. The smallest absolute Gasteiger partial charge is 0.226 e. The van der Waals surface area contributed by atoms with Gasteiger partial charge in [0, 0.05) is 24.6 Å². The molecule has 2 aliphatic heterocycles. The van der Waals surface area contributed by atoms with Crippen LogP contribution in [0.5, 0.6) is 0 Å². The van der Waals surface area contributed by atoms with E-state index in [0.29, 0.717) is 18.2 Å². The molecule has 20 heavy (non-hydrogen) atoms. The standard InChI is InChI=1S/C14H18ClN3O2/c15-11-2-1-3-12(8-11)18-6-4-13(17-18)16-14(19)10-5-7-20-9-10/h1-3,8,10,13,17H,4-7,9H2,(H,16,19). The Morgan fingerprint density at radius 2 is 2.35 bits per heavy atom. The highest BCUT2D eigenvalue weighted by atomic mass is 35.5. The van der Waals surface area contributed by atoms with Gasteiger partial charge in [0.2, 0.25) is 5.91 Å². The lowest BCUT2D eigenvalue weighted by Gasteiger charge is -2.21. The molecule has 2 fully saturated rings. The van der Waals surface area contributed by atoms with Gasteiger partial charge < -0.3 is 15.1 Å². The third kappa shape index (κ3) is 3.06. The van der Waals surface area contributed by atoms with Gasteiger partial charge in [0.25, 0.3) is 0 Å². The molecule has 0 radical (unpaired) electrons. The summed E-state index contributed by atoms with van der Waals surface area (Å²) in [5.74, 6) is 0.0740. The number of halogens is 1. The molecule has 2 aliphatic rings. The second-order valence-corrected chi connectivity index (χ2v) is 5.61. The number of rotatable bonds is 3. The van der Waals surface area contributed by atoms with E-state index in [2.05, 4.69) is 10.7 Å². The van der Waals surface area contributed by atoms with Crippen molar-refractivity contribution in [1.29, 1.82) is 0 Å². The molecule has 108 valence electrons. The summed E-state index contributed by atoms with van der Waals surface area (Å²) in [5.41, 5.74) is 4.30. The number of carbonyl (C=O) groups is 1. The van der Waals surface area contributed by atoms with Crippen molar-refractivity contribution < 1.29 is 9.53 Å². The van der Waals surface area contributed by atoms with Gasteiger partial charge in [0.05, 0.1) is 24.4 Å². The molecular weight excluding hydrogens is 278 g/mol. The number of benzene rings is 1. The van der Waals surface area contributed by atoms with Crippen LogP contribution in [0.2, 0.25) is 5.02 Å². The largest absolute Gasteiger partial charge is 0.381 e. The molecule has 1 aromatic carbocycles. The van der Waals surface area contributed by atoms with Gasteiger partial charge in [-0.05, 0) is 24.6 Å². The molecule has 2 atom stereocenters. The highest BCUT2D eigenvalue weighted by molar-refractivity contribution is 6.30. The second-order valence-electron chi connectivity index (χ2n) is 5.17. The monoisotopic (exact) mass is 295 g/mol. The molecule has 1 amide bonds. The van der Waals surface area contributed by atoms with Crippen molar-refractivity contribution in [2.75, 3.05) is 24.8 Å². The lowest BCUT2D eigenvalue weighted by molar-refractivity contribution is -0.125. The van der Waals surface area contributed by atoms with Crippen LogP contribution >= 0.6 is 11.6 Å². The van der Waals surface area contributed by atoms with Crippen molar-refractivity contribution >= 4 is 23.2 Å². The number of hydrazine groups is 1. The lowest BCUT2D eigenvalue weighted by atomic mass is 10.1. The highest BCUT2D eigenvalue weighted by Crippen LogP contribution is 2.21. The number of nitrogens with one attached hydrogen (secondary N) is 2. The third-order valence-electron chi connectivity index (χ3n) is 3.69. The topological polar surface area (TPSA) is 53.6 Å². The first-order chi connectivity index (χ1) is 9.72. The zero-order chi connectivity index (χ0) is 13.9. The first-order valence-corrected chi connectivity index (χ1v) is 7.27. The van der Waals surface area contributed by atoms with Crippen molar-refractivity contribution in [3.05, 3.63) is 29.3 Å². The minimum Gasteiger partial charge on any atom is -0.381 e. The zero-order valence-corrected chi connectivity index (χ0v) is 11.9. The van der Waals surface area contributed by atoms with Crippen molar-refractivity contribution in [1.82, 2.24) is 10.7 Å². The first-order valence-electron chi connectivity index (χ1n) is 6.90. The molecule has 0 bridgehead atoms. The molecule has 5 nitrogen and oxygen atoms in total. The maximum atomic E-state index is 12.0. The summed E-state index contributed by atoms with van der Waals surface area (Å²) >= 11 is 5.99. The van der Waals surface area contributed by atoms with Crippen molar-refractivity contribution in [2.24, 2.45) is 5.92 Å². The highest BCUT2D eigenvalue weighted by Gasteiger charge is 2.28. The predicted octanol–water partition coefficient (Wildman–Crippen LogP) is 1.53. The number of anilines is 1. The van der Waals surface area contributed by atoms with E-state index >= 15 is 0 Å². The van der Waals surface area contributed by atoms with E-state index in [1.165, 1.54) is 0 Å². The number of ether oxygens (including phenoxy) is 1. The normalized spacial score (nSPS) is 25.9. The average molecular weight is 296 g/mol. The summed E-state index contributed by atoms with van der Waals surface area (Å²) in [7, 11) is 0. The van der Waals surface area contributed by atoms with E-state index < -0.39 is 0 Å². The van der Waals surface area contributed by atoms with Crippen LogP contribution in [0.25, 0.3) is 0 Å². The van der Waals surface area contributed by atoms with Crippen LogP contribution in [0.15, 0.2) is 24.3 Å². The van der Waals surface area contributed by atoms with Gasteiger partial charge in [-0.3, -0.25) is 4.79 Å². The van der Waals surface area contributed by atoms with Crippen molar-refractivity contribution in [3.63, 3.8) is 0 Å². The fraction of sp³-hybridized carbons (Fsp3) is 0.500. The Morgan fingerprint density at radius 3 is 3.10 bits per heavy atom. The van der Waals surface area contributed by atoms with Crippen LogP contribution in [-0.4, -0.2) is 31.8 Å². The SMILES string of the molecule is O=C(NC1CCN(c2cccc(Cl)c2)N1)C1CCOC1. The molecule has 0 spiro atoms. The Bertz CT molecular complexity index is 491. The molecule has 0 aliphatic carbocycles. The Morgan fingerprint density at radius 1 is 1.45 bits per heavy atom. The molecule has 1 aromatic rings. The van der Waals surface area contributed by atoms with E-state index in [1.807, 2.05) is 29.3 Å². The van der Waals surface area contributed by atoms with Gasteiger partial charge in [-0.1, -0.05) is 17.7 Å². The van der Waals surface area contributed by atoms with Crippen LogP contribution in [0.3, 0.4) is 0 Å². The molecule has 2 N–H and O–H groups in total. The number of carbonyl (C=O) groups excluding carboxylic acids is 1. The maximum Gasteiger partial charge on any atom is 0.226 e. The lowest BCUT2D eigenvalue weighted by Crippen LogP contribution is -2.47. The quantitative estimate of drug-likeness (QED) is 0.888. The van der Waals surface area contributed by atoms with Gasteiger partial charge in [-0.25, -0.2) is 5.43 Å². The average Bonchev–Trinajstić information content (AvgIpc) is 3.10. The van der Waals surface area contributed by atoms with Gasteiger partial charge in [0.15, 0.2) is 0 Å². The van der Waals surface area contributed by atoms with E-state index in [1.54, 1.807) is 0 Å². The van der Waals surface area contributed by atoms with Gasteiger partial charge in [0.1, 0.15) is 0 Å². The van der Waals surface area contributed by atoms with Gasteiger partial charge in [-0.15, -0.1) is 0 Å². The Hall–Kier alpha value is -1.30.